The van der Waals surface area contributed by atoms with Gasteiger partial charge in [-0.1, -0.05) is 6.07 Å². The van der Waals surface area contributed by atoms with Crippen LogP contribution in [0.15, 0.2) is 24.3 Å². The fourth-order valence-electron chi connectivity index (χ4n) is 5.11. The molecule has 1 saturated heterocycles. The molecule has 2 unspecified atom stereocenters. The summed E-state index contributed by atoms with van der Waals surface area (Å²) in [5.74, 6) is -0.591. The Bertz CT molecular complexity index is 1240. The third-order valence-electron chi connectivity index (χ3n) is 7.50. The molecule has 5 rings (SSSR count). The second-order valence-electron chi connectivity index (χ2n) is 10.6. The Labute approximate surface area is 217 Å². The number of hydrogen-bond donors (Lipinski definition) is 3. The summed E-state index contributed by atoms with van der Waals surface area (Å²) in [6.07, 6.45) is -0.933. The van der Waals surface area contributed by atoms with Crippen molar-refractivity contribution >= 4 is 29.4 Å². The van der Waals surface area contributed by atoms with Crippen molar-refractivity contribution in [1.29, 1.82) is 0 Å². The van der Waals surface area contributed by atoms with Crippen molar-refractivity contribution in [2.24, 2.45) is 0 Å². The van der Waals surface area contributed by atoms with Gasteiger partial charge in [0.15, 0.2) is 5.82 Å². The van der Waals surface area contributed by atoms with Gasteiger partial charge >= 0.3 is 12.3 Å². The predicted molar refractivity (Wildman–Crippen MR) is 132 cm³/mol. The van der Waals surface area contributed by atoms with E-state index in [4.69, 9.17) is 4.74 Å². The number of amides is 3. The van der Waals surface area contributed by atoms with Gasteiger partial charge in [-0.15, -0.1) is 0 Å². The number of nitrogens with zero attached hydrogens (tertiary/aromatic N) is 2. The van der Waals surface area contributed by atoms with Crippen molar-refractivity contribution in [1.82, 2.24) is 15.5 Å². The summed E-state index contributed by atoms with van der Waals surface area (Å²) in [7, 11) is 0. The third kappa shape index (κ3) is 5.94. The van der Waals surface area contributed by atoms with Crippen molar-refractivity contribution in [2.45, 2.75) is 82.0 Å². The maximum absolute atomic E-state index is 13.8. The lowest BCUT2D eigenvalue weighted by atomic mass is 10.0. The monoisotopic (exact) mass is 533 g/mol. The maximum atomic E-state index is 13.8. The van der Waals surface area contributed by atoms with Crippen LogP contribution < -0.4 is 15.5 Å². The topological polar surface area (TPSA) is 116 Å². The van der Waals surface area contributed by atoms with E-state index in [1.807, 2.05) is 6.92 Å². The molecule has 204 valence electrons. The highest BCUT2D eigenvalue weighted by molar-refractivity contribution is 5.96. The van der Waals surface area contributed by atoms with E-state index in [2.05, 4.69) is 20.8 Å². The maximum Gasteiger partial charge on any atom is 0.416 e. The second-order valence-corrected chi connectivity index (χ2v) is 10.6. The van der Waals surface area contributed by atoms with Crippen LogP contribution in [-0.4, -0.2) is 46.3 Å². The Kier molecular flexibility index (Phi) is 6.83. The van der Waals surface area contributed by atoms with E-state index in [1.165, 1.54) is 17.0 Å². The van der Waals surface area contributed by atoms with Gasteiger partial charge in [-0.05, 0) is 63.1 Å². The van der Waals surface area contributed by atoms with E-state index in [9.17, 15) is 27.6 Å². The molecule has 9 nitrogen and oxygen atoms in total. The van der Waals surface area contributed by atoms with Gasteiger partial charge in [0.25, 0.3) is 0 Å². The lowest BCUT2D eigenvalue weighted by Gasteiger charge is -2.19. The summed E-state index contributed by atoms with van der Waals surface area (Å²) >= 11 is 0. The van der Waals surface area contributed by atoms with Gasteiger partial charge in [0.1, 0.15) is 6.10 Å². The molecule has 1 aromatic carbocycles. The van der Waals surface area contributed by atoms with E-state index in [-0.39, 0.29) is 40.5 Å². The van der Waals surface area contributed by atoms with Crippen molar-refractivity contribution in [3.05, 3.63) is 41.1 Å². The van der Waals surface area contributed by atoms with Gasteiger partial charge in [-0.25, -0.2) is 4.79 Å². The number of anilines is 2. The number of H-pyrrole nitrogens is 1. The zero-order valence-corrected chi connectivity index (χ0v) is 21.0. The molecule has 12 heteroatoms. The number of alkyl carbamates (subject to hydrolysis) is 1. The lowest BCUT2D eigenvalue weighted by Crippen LogP contribution is -2.36. The Morgan fingerprint density at radius 1 is 1.24 bits per heavy atom. The normalized spacial score (nSPS) is 22.4. The Morgan fingerprint density at radius 3 is 2.71 bits per heavy atom. The minimum absolute atomic E-state index is 0.0557. The van der Waals surface area contributed by atoms with Crippen LogP contribution in [0.5, 0.6) is 0 Å². The van der Waals surface area contributed by atoms with Gasteiger partial charge in [0.05, 0.1) is 12.0 Å². The zero-order chi connectivity index (χ0) is 27.1. The van der Waals surface area contributed by atoms with Crippen LogP contribution in [0.1, 0.15) is 74.6 Å². The molecule has 0 bridgehead atoms. The van der Waals surface area contributed by atoms with Crippen LogP contribution in [0.4, 0.5) is 29.5 Å². The van der Waals surface area contributed by atoms with Crippen molar-refractivity contribution in [3.63, 3.8) is 0 Å². The van der Waals surface area contributed by atoms with Crippen LogP contribution in [0, 0.1) is 0 Å². The largest absolute Gasteiger partial charge is 0.446 e. The predicted octanol–water partition coefficient (Wildman–Crippen LogP) is 4.65. The molecule has 2 saturated carbocycles. The molecule has 3 fully saturated rings. The number of aromatic nitrogens is 2. The summed E-state index contributed by atoms with van der Waals surface area (Å²) in [5.41, 5.74) is -0.336. The minimum atomic E-state index is -4.68. The Hall–Kier alpha value is -3.57. The average molecular weight is 534 g/mol. The quantitative estimate of drug-likeness (QED) is 0.479. The average Bonchev–Trinajstić information content (AvgIpc) is 3.24. The van der Waals surface area contributed by atoms with E-state index in [0.29, 0.717) is 32.2 Å². The molecule has 2 atom stereocenters. The van der Waals surface area contributed by atoms with E-state index < -0.39 is 30.2 Å². The van der Waals surface area contributed by atoms with Crippen LogP contribution in [0.25, 0.3) is 0 Å². The van der Waals surface area contributed by atoms with Gasteiger partial charge in [-0.3, -0.25) is 14.7 Å². The summed E-state index contributed by atoms with van der Waals surface area (Å²) in [5, 5.41) is 12.4. The fourth-order valence-corrected chi connectivity index (χ4v) is 5.11. The van der Waals surface area contributed by atoms with E-state index in [1.54, 1.807) is 6.07 Å². The number of alkyl halides is 3. The van der Waals surface area contributed by atoms with Crippen molar-refractivity contribution in [2.75, 3.05) is 16.8 Å². The van der Waals surface area contributed by atoms with E-state index in [0.717, 1.165) is 31.0 Å². The minimum Gasteiger partial charge on any atom is -0.446 e. The zero-order valence-electron chi connectivity index (χ0n) is 21.0. The van der Waals surface area contributed by atoms with Crippen LogP contribution >= 0.6 is 0 Å². The highest BCUT2D eigenvalue weighted by Crippen LogP contribution is 2.38. The number of benzene rings is 1. The summed E-state index contributed by atoms with van der Waals surface area (Å²) in [4.78, 5) is 38.0. The molecule has 0 radical (unpaired) electrons. The number of carbonyl (C=O) groups excluding carboxylic acids is 3. The summed E-state index contributed by atoms with van der Waals surface area (Å²) < 4.78 is 46.9. The Morgan fingerprint density at radius 2 is 2.03 bits per heavy atom. The first-order chi connectivity index (χ1) is 18.0. The molecule has 3 aliphatic rings. The molecule has 1 aliphatic heterocycles. The number of aromatic amines is 1. The molecule has 38 heavy (non-hydrogen) atoms. The molecule has 0 spiro atoms. The van der Waals surface area contributed by atoms with Crippen molar-refractivity contribution in [3.8, 4) is 0 Å². The van der Waals surface area contributed by atoms with Crippen LogP contribution in [0.3, 0.4) is 0 Å². The van der Waals surface area contributed by atoms with Crippen LogP contribution in [-0.2, 0) is 26.9 Å². The fraction of sp³-hybridized carbons (Fsp3) is 0.538. The highest BCUT2D eigenvalue weighted by Gasteiger charge is 2.40. The molecule has 2 heterocycles. The Balaban J connectivity index is 1.18. The number of halogens is 3. The van der Waals surface area contributed by atoms with Gasteiger partial charge in [0.2, 0.25) is 11.8 Å². The molecule has 3 amide bonds. The number of hydrogen-bond acceptors (Lipinski definition) is 5. The highest BCUT2D eigenvalue weighted by atomic mass is 19.4. The SMILES string of the molecule is CC1(NC(=O)OC2CCC(c3cc(NC(=O)Cc4ccc(N5CCCC5=O)cc4C(F)(F)F)n[nH]3)C2)CC1. The number of ether oxygens (including phenoxy) is 1. The second kappa shape index (κ2) is 9.95. The number of carbonyl (C=O) groups is 3. The molecule has 2 aromatic rings. The van der Waals surface area contributed by atoms with E-state index >= 15 is 0 Å². The summed E-state index contributed by atoms with van der Waals surface area (Å²) in [6, 6.07) is 5.28. The standard InChI is InChI=1S/C26H30F3N5O4/c1-25(8-9-25)31-24(37)38-18-7-5-16(11-18)20-14-21(33-32-20)30-22(35)12-15-4-6-17(13-19(15)26(27,28)29)34-10-2-3-23(34)36/h4,6,13-14,16,18H,2-3,5,7-12H2,1H3,(H,31,37)(H2,30,32,33,35). The molecule has 1 aromatic heterocycles. The van der Waals surface area contributed by atoms with Crippen molar-refractivity contribution < 1.29 is 32.3 Å². The first kappa shape index (κ1) is 26.1. The molecule has 2 aliphatic carbocycles. The molecular weight excluding hydrogens is 503 g/mol. The first-order valence-electron chi connectivity index (χ1n) is 12.8. The third-order valence-corrected chi connectivity index (χ3v) is 7.50. The first-order valence-corrected chi connectivity index (χ1v) is 12.8. The molecule has 3 N–H and O–H groups in total. The van der Waals surface area contributed by atoms with Gasteiger partial charge in [-0.2, -0.15) is 18.3 Å². The molecular formula is C26H30F3N5O4. The summed E-state index contributed by atoms with van der Waals surface area (Å²) in [6.45, 7) is 2.35. The lowest BCUT2D eigenvalue weighted by molar-refractivity contribution is -0.138. The van der Waals surface area contributed by atoms with Gasteiger partial charge < -0.3 is 20.3 Å². The smallest absolute Gasteiger partial charge is 0.416 e. The van der Waals surface area contributed by atoms with Gasteiger partial charge in [0, 0.05) is 41.9 Å². The number of rotatable bonds is 7. The van der Waals surface area contributed by atoms with Crippen LogP contribution in [0.2, 0.25) is 0 Å². The number of nitrogens with one attached hydrogen (secondary N) is 3.